The van der Waals surface area contributed by atoms with Gasteiger partial charge in [0.05, 0.1) is 7.11 Å². The number of hydrogen-bond acceptors (Lipinski definition) is 3. The minimum Gasteiger partial charge on any atom is -0.497 e. The minimum atomic E-state index is -0.00892. The summed E-state index contributed by atoms with van der Waals surface area (Å²) in [4.78, 5) is 12.3. The number of methoxy groups -OCH3 is 1. The number of nitrogens with one attached hydrogen (secondary N) is 1. The van der Waals surface area contributed by atoms with E-state index in [1.165, 1.54) is 0 Å². The van der Waals surface area contributed by atoms with Gasteiger partial charge in [0.25, 0.3) is 0 Å². The van der Waals surface area contributed by atoms with Gasteiger partial charge in [0.2, 0.25) is 0 Å². The Morgan fingerprint density at radius 1 is 1.14 bits per heavy atom. The van der Waals surface area contributed by atoms with E-state index in [0.29, 0.717) is 5.56 Å². The van der Waals surface area contributed by atoms with Crippen molar-refractivity contribution in [2.45, 2.75) is 13.3 Å². The third-order valence-electron chi connectivity index (χ3n) is 3.21. The first-order valence-corrected chi connectivity index (χ1v) is 7.83. The molecule has 0 radical (unpaired) electrons. The lowest BCUT2D eigenvalue weighted by atomic mass is 10.1. The van der Waals surface area contributed by atoms with Crippen LogP contribution in [0.4, 0.5) is 5.69 Å². The van der Waals surface area contributed by atoms with Crippen LogP contribution in [0, 0.1) is 0 Å². The molecule has 0 fully saturated rings. The molecular formula is C18H18BrNO2. The highest BCUT2D eigenvalue weighted by molar-refractivity contribution is 9.10. The first-order chi connectivity index (χ1) is 10.6. The Morgan fingerprint density at radius 3 is 2.32 bits per heavy atom. The Hall–Kier alpha value is -2.07. The third-order valence-corrected chi connectivity index (χ3v) is 3.74. The van der Waals surface area contributed by atoms with Gasteiger partial charge in [-0.25, -0.2) is 0 Å². The van der Waals surface area contributed by atoms with Crippen LogP contribution in [-0.4, -0.2) is 12.9 Å². The third kappa shape index (κ3) is 4.46. The molecule has 114 valence electrons. The number of benzene rings is 2. The molecule has 22 heavy (non-hydrogen) atoms. The smallest absolute Gasteiger partial charge is 0.187 e. The number of hydrogen-bond donors (Lipinski definition) is 1. The van der Waals surface area contributed by atoms with Gasteiger partial charge < -0.3 is 10.1 Å². The molecule has 0 aliphatic carbocycles. The van der Waals surface area contributed by atoms with Crippen molar-refractivity contribution in [2.24, 2.45) is 0 Å². The van der Waals surface area contributed by atoms with E-state index in [-0.39, 0.29) is 5.78 Å². The topological polar surface area (TPSA) is 38.3 Å². The van der Waals surface area contributed by atoms with Gasteiger partial charge in [-0.1, -0.05) is 22.9 Å². The van der Waals surface area contributed by atoms with E-state index in [0.717, 1.165) is 28.0 Å². The lowest BCUT2D eigenvalue weighted by molar-refractivity contribution is 0.104. The van der Waals surface area contributed by atoms with Gasteiger partial charge in [0.1, 0.15) is 5.75 Å². The van der Waals surface area contributed by atoms with Gasteiger partial charge in [-0.2, -0.15) is 0 Å². The molecule has 0 amide bonds. The average Bonchev–Trinajstić information content (AvgIpc) is 2.55. The number of carbonyl (C=O) groups excluding carboxylic acids is 1. The first-order valence-electron chi connectivity index (χ1n) is 7.04. The van der Waals surface area contributed by atoms with Gasteiger partial charge in [-0.05, 0) is 55.0 Å². The van der Waals surface area contributed by atoms with Gasteiger partial charge in [0, 0.05) is 27.5 Å². The summed E-state index contributed by atoms with van der Waals surface area (Å²) >= 11 is 3.37. The molecule has 0 saturated heterocycles. The fourth-order valence-corrected chi connectivity index (χ4v) is 2.21. The fourth-order valence-electron chi connectivity index (χ4n) is 1.94. The van der Waals surface area contributed by atoms with E-state index in [2.05, 4.69) is 21.2 Å². The van der Waals surface area contributed by atoms with Crippen molar-refractivity contribution >= 4 is 27.4 Å². The van der Waals surface area contributed by atoms with Gasteiger partial charge in [-0.15, -0.1) is 0 Å². The molecule has 0 bridgehead atoms. The molecule has 3 nitrogen and oxygen atoms in total. The zero-order valence-electron chi connectivity index (χ0n) is 12.6. The fraction of sp³-hybridized carbons (Fsp3) is 0.167. The molecule has 0 aromatic heterocycles. The molecule has 1 N–H and O–H groups in total. The van der Waals surface area contributed by atoms with Crippen LogP contribution in [0.2, 0.25) is 0 Å². The van der Waals surface area contributed by atoms with Gasteiger partial charge >= 0.3 is 0 Å². The van der Waals surface area contributed by atoms with Crippen LogP contribution >= 0.6 is 15.9 Å². The molecule has 0 spiro atoms. The van der Waals surface area contributed by atoms with E-state index in [1.54, 1.807) is 13.2 Å². The highest BCUT2D eigenvalue weighted by atomic mass is 79.9. The maximum atomic E-state index is 12.3. The lowest BCUT2D eigenvalue weighted by Gasteiger charge is -2.10. The quantitative estimate of drug-likeness (QED) is 0.579. The van der Waals surface area contributed by atoms with E-state index < -0.39 is 0 Å². The Labute approximate surface area is 139 Å². The van der Waals surface area contributed by atoms with Crippen molar-refractivity contribution in [1.82, 2.24) is 0 Å². The van der Waals surface area contributed by atoms with Crippen molar-refractivity contribution in [3.63, 3.8) is 0 Å². The Morgan fingerprint density at radius 2 is 1.77 bits per heavy atom. The van der Waals surface area contributed by atoms with E-state index in [9.17, 15) is 4.79 Å². The number of ether oxygens (including phenoxy) is 1. The zero-order valence-corrected chi connectivity index (χ0v) is 14.2. The summed E-state index contributed by atoms with van der Waals surface area (Å²) in [6, 6.07) is 15.0. The van der Waals surface area contributed by atoms with E-state index >= 15 is 0 Å². The molecule has 2 aromatic carbocycles. The molecule has 4 heteroatoms. The number of allylic oxidation sites excluding steroid dienone is 2. The molecular weight excluding hydrogens is 342 g/mol. The highest BCUT2D eigenvalue weighted by Gasteiger charge is 2.05. The maximum absolute atomic E-state index is 12.3. The van der Waals surface area contributed by atoms with Crippen LogP contribution in [0.25, 0.3) is 0 Å². The predicted octanol–water partition coefficient (Wildman–Crippen LogP) is 5.05. The highest BCUT2D eigenvalue weighted by Crippen LogP contribution is 2.18. The standard InChI is InChI=1S/C18H18BrNO2/c1-3-15(20-16-8-10-17(22-2)11-9-16)12-18(21)13-4-6-14(19)7-5-13/h4-12,20H,3H2,1-2H3/b15-12-. The molecule has 2 rings (SSSR count). The number of anilines is 1. The van der Waals surface area contributed by atoms with Crippen LogP contribution in [0.15, 0.2) is 64.8 Å². The molecule has 0 saturated carbocycles. The lowest BCUT2D eigenvalue weighted by Crippen LogP contribution is -2.03. The number of carbonyl (C=O) groups is 1. The van der Waals surface area contributed by atoms with Crippen LogP contribution in [0.5, 0.6) is 5.75 Å². The maximum Gasteiger partial charge on any atom is 0.187 e. The summed E-state index contributed by atoms with van der Waals surface area (Å²) in [7, 11) is 1.64. The molecule has 0 atom stereocenters. The number of rotatable bonds is 6. The molecule has 0 unspecified atom stereocenters. The SMILES string of the molecule is CC/C(=C/C(=O)c1ccc(Br)cc1)Nc1ccc(OC)cc1. The Balaban J connectivity index is 2.12. The van der Waals surface area contributed by atoms with Gasteiger partial charge in [0.15, 0.2) is 5.78 Å². The van der Waals surface area contributed by atoms with Crippen molar-refractivity contribution in [3.05, 3.63) is 70.3 Å². The van der Waals surface area contributed by atoms with Crippen LogP contribution in [0.1, 0.15) is 23.7 Å². The average molecular weight is 360 g/mol. The Bertz CT molecular complexity index is 660. The summed E-state index contributed by atoms with van der Waals surface area (Å²) in [5, 5.41) is 3.27. The molecule has 2 aromatic rings. The summed E-state index contributed by atoms with van der Waals surface area (Å²) in [6.45, 7) is 2.01. The summed E-state index contributed by atoms with van der Waals surface area (Å²) in [6.07, 6.45) is 2.39. The second-order valence-corrected chi connectivity index (χ2v) is 5.66. The minimum absolute atomic E-state index is 0.00892. The van der Waals surface area contributed by atoms with E-state index in [4.69, 9.17) is 4.74 Å². The Kier molecular flexibility index (Phi) is 5.78. The summed E-state index contributed by atoms with van der Waals surface area (Å²) in [5.74, 6) is 0.795. The summed E-state index contributed by atoms with van der Waals surface area (Å²) in [5.41, 5.74) is 2.47. The molecule has 0 aliphatic heterocycles. The molecule has 0 aliphatic rings. The van der Waals surface area contributed by atoms with Crippen LogP contribution < -0.4 is 10.1 Å². The van der Waals surface area contributed by atoms with Crippen LogP contribution in [-0.2, 0) is 0 Å². The molecule has 0 heterocycles. The van der Waals surface area contributed by atoms with E-state index in [1.807, 2.05) is 55.5 Å². The summed E-state index contributed by atoms with van der Waals surface area (Å²) < 4.78 is 6.09. The predicted molar refractivity (Wildman–Crippen MR) is 93.5 cm³/mol. The monoisotopic (exact) mass is 359 g/mol. The van der Waals surface area contributed by atoms with Gasteiger partial charge in [-0.3, -0.25) is 4.79 Å². The van der Waals surface area contributed by atoms with Crippen molar-refractivity contribution < 1.29 is 9.53 Å². The normalized spacial score (nSPS) is 11.1. The number of ketones is 1. The first kappa shape index (κ1) is 16.3. The largest absolute Gasteiger partial charge is 0.497 e. The number of halogens is 1. The zero-order chi connectivity index (χ0) is 15.9. The van der Waals surface area contributed by atoms with Crippen molar-refractivity contribution in [3.8, 4) is 5.75 Å². The van der Waals surface area contributed by atoms with Crippen molar-refractivity contribution in [2.75, 3.05) is 12.4 Å². The second-order valence-electron chi connectivity index (χ2n) is 4.75. The van der Waals surface area contributed by atoms with Crippen LogP contribution in [0.3, 0.4) is 0 Å². The second kappa shape index (κ2) is 7.80. The van der Waals surface area contributed by atoms with Crippen molar-refractivity contribution in [1.29, 1.82) is 0 Å².